The lowest BCUT2D eigenvalue weighted by molar-refractivity contribution is 0.00249. The van der Waals surface area contributed by atoms with Gasteiger partial charge in [0.05, 0.1) is 0 Å². The molecule has 84 valence electrons. The molecule has 1 aliphatic carbocycles. The first kappa shape index (κ1) is 11.5. The lowest BCUT2D eigenvalue weighted by Crippen LogP contribution is -2.49. The molecule has 1 aromatic rings. The number of nitrogens with zero attached hydrogens (tertiary/aromatic N) is 1. The fourth-order valence-corrected chi connectivity index (χ4v) is 3.08. The van der Waals surface area contributed by atoms with Crippen LogP contribution < -0.4 is 0 Å². The molecule has 0 saturated heterocycles. The van der Waals surface area contributed by atoms with Gasteiger partial charge in [-0.2, -0.15) is 4.99 Å². The van der Waals surface area contributed by atoms with E-state index < -0.39 is 11.2 Å². The molecule has 2 nitrogen and oxygen atoms in total. The quantitative estimate of drug-likeness (QED) is 0.603. The monoisotopic (exact) mass is 283 g/mol. The van der Waals surface area contributed by atoms with Crippen molar-refractivity contribution in [3.63, 3.8) is 0 Å². The Morgan fingerprint density at radius 1 is 1.44 bits per heavy atom. The molecular weight excluding hydrogens is 273 g/mol. The van der Waals surface area contributed by atoms with E-state index in [1.165, 1.54) is 6.92 Å². The molecule has 0 radical (unpaired) electrons. The minimum Gasteiger partial charge on any atom is -0.244 e. The van der Waals surface area contributed by atoms with Crippen LogP contribution in [0.1, 0.15) is 25.3 Å². The van der Waals surface area contributed by atoms with E-state index in [2.05, 4.69) is 20.9 Å². The maximum atomic E-state index is 13.6. The van der Waals surface area contributed by atoms with E-state index in [4.69, 9.17) is 0 Å². The summed E-state index contributed by atoms with van der Waals surface area (Å²) in [5, 5.41) is 0. The van der Waals surface area contributed by atoms with Gasteiger partial charge in [-0.25, -0.2) is 9.18 Å². The first-order valence-electron chi connectivity index (χ1n) is 5.02. The highest BCUT2D eigenvalue weighted by molar-refractivity contribution is 9.10. The Labute approximate surface area is 102 Å². The zero-order valence-corrected chi connectivity index (χ0v) is 10.4. The number of hydrogen-bond donors (Lipinski definition) is 0. The van der Waals surface area contributed by atoms with Crippen LogP contribution in [0.4, 0.5) is 4.39 Å². The van der Waals surface area contributed by atoms with Crippen LogP contribution in [-0.2, 0) is 10.3 Å². The van der Waals surface area contributed by atoms with Gasteiger partial charge in [-0.15, -0.1) is 0 Å². The van der Waals surface area contributed by atoms with Crippen LogP contribution in [0.15, 0.2) is 33.7 Å². The topological polar surface area (TPSA) is 29.4 Å². The van der Waals surface area contributed by atoms with Gasteiger partial charge in [0, 0.05) is 17.3 Å². The van der Waals surface area contributed by atoms with E-state index >= 15 is 0 Å². The van der Waals surface area contributed by atoms with E-state index in [9.17, 15) is 9.18 Å². The third-order valence-corrected chi connectivity index (χ3v) is 3.65. The second-order valence-corrected chi connectivity index (χ2v) is 5.34. The fraction of sp³-hybridized carbons (Fsp3) is 0.417. The smallest absolute Gasteiger partial charge is 0.235 e. The molecule has 0 unspecified atom stereocenters. The average molecular weight is 284 g/mol. The van der Waals surface area contributed by atoms with E-state index in [0.29, 0.717) is 0 Å². The maximum absolute atomic E-state index is 13.6. The summed E-state index contributed by atoms with van der Waals surface area (Å²) in [5.74, 6) is 0. The molecule has 0 amide bonds. The summed E-state index contributed by atoms with van der Waals surface area (Å²) in [4.78, 5) is 14.3. The first-order valence-corrected chi connectivity index (χ1v) is 5.81. The molecule has 0 bridgehead atoms. The zero-order valence-electron chi connectivity index (χ0n) is 8.84. The molecule has 1 saturated carbocycles. The summed E-state index contributed by atoms with van der Waals surface area (Å²) in [6, 6.07) is 7.46. The van der Waals surface area contributed by atoms with Crippen molar-refractivity contribution in [2.75, 3.05) is 0 Å². The number of carbonyl (C=O) groups excluding carboxylic acids is 1. The Bertz CT molecular complexity index is 458. The van der Waals surface area contributed by atoms with Crippen molar-refractivity contribution in [1.29, 1.82) is 0 Å². The van der Waals surface area contributed by atoms with Crippen molar-refractivity contribution in [3.05, 3.63) is 34.3 Å². The Kier molecular flexibility index (Phi) is 2.72. The summed E-state index contributed by atoms with van der Waals surface area (Å²) in [7, 11) is 0. The summed E-state index contributed by atoms with van der Waals surface area (Å²) < 4.78 is 14.5. The SMILES string of the molecule is CC1(F)CC(N=C=O)(c2ccccc2Br)C1. The van der Waals surface area contributed by atoms with Crippen molar-refractivity contribution >= 4 is 22.0 Å². The Balaban J connectivity index is 2.44. The summed E-state index contributed by atoms with van der Waals surface area (Å²) >= 11 is 3.40. The van der Waals surface area contributed by atoms with Crippen LogP contribution in [0.25, 0.3) is 0 Å². The largest absolute Gasteiger partial charge is 0.244 e. The van der Waals surface area contributed by atoms with Gasteiger partial charge in [-0.05, 0) is 18.6 Å². The van der Waals surface area contributed by atoms with Gasteiger partial charge in [0.2, 0.25) is 6.08 Å². The molecule has 0 spiro atoms. The molecule has 0 N–H and O–H groups in total. The van der Waals surface area contributed by atoms with Crippen LogP contribution in [0.5, 0.6) is 0 Å². The molecule has 1 fully saturated rings. The molecule has 0 atom stereocenters. The van der Waals surface area contributed by atoms with Gasteiger partial charge >= 0.3 is 0 Å². The van der Waals surface area contributed by atoms with Crippen LogP contribution in [0.3, 0.4) is 0 Å². The Hall–Kier alpha value is -0.990. The Morgan fingerprint density at radius 3 is 2.56 bits per heavy atom. The van der Waals surface area contributed by atoms with Crippen LogP contribution in [-0.4, -0.2) is 11.7 Å². The molecule has 1 aliphatic rings. The number of halogens is 2. The van der Waals surface area contributed by atoms with Crippen molar-refractivity contribution in [2.45, 2.75) is 31.0 Å². The van der Waals surface area contributed by atoms with Crippen molar-refractivity contribution in [1.82, 2.24) is 0 Å². The van der Waals surface area contributed by atoms with E-state index in [1.54, 1.807) is 6.08 Å². The number of benzene rings is 1. The van der Waals surface area contributed by atoms with Gasteiger partial charge < -0.3 is 0 Å². The predicted octanol–water partition coefficient (Wildman–Crippen LogP) is 3.50. The number of alkyl halides is 1. The standard InChI is InChI=1S/C12H11BrFNO/c1-11(14)6-12(7-11,15-8-16)9-4-2-3-5-10(9)13/h2-5H,6-7H2,1H3. The highest BCUT2D eigenvalue weighted by Crippen LogP contribution is 2.54. The minimum atomic E-state index is -1.24. The Morgan fingerprint density at radius 2 is 2.06 bits per heavy atom. The van der Waals surface area contributed by atoms with Crippen molar-refractivity contribution in [2.24, 2.45) is 4.99 Å². The second kappa shape index (κ2) is 3.79. The van der Waals surface area contributed by atoms with Crippen LogP contribution in [0, 0.1) is 0 Å². The third kappa shape index (κ3) is 1.83. The molecule has 16 heavy (non-hydrogen) atoms. The van der Waals surface area contributed by atoms with Gasteiger partial charge in [-0.3, -0.25) is 0 Å². The van der Waals surface area contributed by atoms with Crippen molar-refractivity contribution in [3.8, 4) is 0 Å². The third-order valence-electron chi connectivity index (χ3n) is 2.96. The molecular formula is C12H11BrFNO. The summed E-state index contributed by atoms with van der Waals surface area (Å²) in [5.41, 5.74) is -1.12. The molecule has 2 rings (SSSR count). The highest BCUT2D eigenvalue weighted by Gasteiger charge is 2.54. The summed E-state index contributed by atoms with van der Waals surface area (Å²) in [6.07, 6.45) is 2.03. The predicted molar refractivity (Wildman–Crippen MR) is 62.7 cm³/mol. The van der Waals surface area contributed by atoms with Gasteiger partial charge in [0.15, 0.2) is 0 Å². The highest BCUT2D eigenvalue weighted by atomic mass is 79.9. The summed E-state index contributed by atoms with van der Waals surface area (Å²) in [6.45, 7) is 1.53. The van der Waals surface area contributed by atoms with Crippen LogP contribution >= 0.6 is 15.9 Å². The lowest BCUT2D eigenvalue weighted by Gasteiger charge is -2.47. The zero-order chi connectivity index (χ0) is 11.8. The van der Waals surface area contributed by atoms with Gasteiger partial charge in [0.1, 0.15) is 11.2 Å². The minimum absolute atomic E-state index is 0.234. The average Bonchev–Trinajstić information content (AvgIpc) is 2.15. The van der Waals surface area contributed by atoms with E-state index in [1.807, 2.05) is 24.3 Å². The maximum Gasteiger partial charge on any atom is 0.235 e. The molecule has 1 aromatic carbocycles. The molecule has 0 aromatic heterocycles. The van der Waals surface area contributed by atoms with E-state index in [-0.39, 0.29) is 12.8 Å². The second-order valence-electron chi connectivity index (χ2n) is 4.48. The molecule has 0 heterocycles. The fourth-order valence-electron chi connectivity index (χ4n) is 2.42. The number of aliphatic imine (C=N–C) groups is 1. The number of hydrogen-bond acceptors (Lipinski definition) is 2. The number of rotatable bonds is 2. The van der Waals surface area contributed by atoms with Gasteiger partial charge in [-0.1, -0.05) is 34.1 Å². The van der Waals surface area contributed by atoms with Crippen LogP contribution in [0.2, 0.25) is 0 Å². The van der Waals surface area contributed by atoms with Gasteiger partial charge in [0.25, 0.3) is 0 Å². The normalized spacial score (nSPS) is 32.7. The number of isocyanates is 1. The first-order chi connectivity index (χ1) is 7.49. The lowest BCUT2D eigenvalue weighted by atomic mass is 9.64. The van der Waals surface area contributed by atoms with E-state index in [0.717, 1.165) is 10.0 Å². The molecule has 0 aliphatic heterocycles. The molecule has 4 heteroatoms. The van der Waals surface area contributed by atoms with Crippen molar-refractivity contribution < 1.29 is 9.18 Å².